The van der Waals surface area contributed by atoms with Crippen molar-refractivity contribution in [3.05, 3.63) is 29.6 Å². The zero-order valence-corrected chi connectivity index (χ0v) is 11.7. The Kier molecular flexibility index (Phi) is 4.39. The summed E-state index contributed by atoms with van der Waals surface area (Å²) in [6.45, 7) is 1.74. The largest absolute Gasteiger partial charge is 0.324 e. The van der Waals surface area contributed by atoms with Crippen LogP contribution in [-0.4, -0.2) is 5.91 Å². The third-order valence-corrected chi connectivity index (χ3v) is 4.04. The number of carbonyl (C=O) groups excluding carboxylic acids is 1. The molecule has 1 aliphatic carbocycles. The van der Waals surface area contributed by atoms with Gasteiger partial charge in [0.15, 0.2) is 0 Å². The van der Waals surface area contributed by atoms with Crippen molar-refractivity contribution < 1.29 is 9.18 Å². The van der Waals surface area contributed by atoms with Gasteiger partial charge < -0.3 is 5.32 Å². The summed E-state index contributed by atoms with van der Waals surface area (Å²) in [4.78, 5) is 12.5. The van der Waals surface area contributed by atoms with Crippen LogP contribution in [0.4, 0.5) is 10.1 Å². The molecule has 0 heterocycles. The SMILES string of the molecule is Cc1cc(F)ccc1NC(=O)C1(C#N)CCCCCC1. The Morgan fingerprint density at radius 3 is 2.50 bits per heavy atom. The molecule has 0 aromatic heterocycles. The summed E-state index contributed by atoms with van der Waals surface area (Å²) in [7, 11) is 0. The monoisotopic (exact) mass is 274 g/mol. The van der Waals surface area contributed by atoms with E-state index in [0.29, 0.717) is 24.1 Å². The zero-order chi connectivity index (χ0) is 14.6. The molecule has 1 aromatic carbocycles. The highest BCUT2D eigenvalue weighted by Crippen LogP contribution is 2.35. The average Bonchev–Trinajstić information content (AvgIpc) is 2.68. The third kappa shape index (κ3) is 2.98. The van der Waals surface area contributed by atoms with Gasteiger partial charge in [-0.2, -0.15) is 5.26 Å². The van der Waals surface area contributed by atoms with Gasteiger partial charge in [0.25, 0.3) is 0 Å². The summed E-state index contributed by atoms with van der Waals surface area (Å²) in [5.41, 5.74) is 0.312. The predicted octanol–water partition coefficient (Wildman–Crippen LogP) is 3.94. The lowest BCUT2D eigenvalue weighted by Gasteiger charge is -2.24. The van der Waals surface area contributed by atoms with Crippen molar-refractivity contribution in [1.82, 2.24) is 0 Å². The molecule has 0 bridgehead atoms. The van der Waals surface area contributed by atoms with E-state index in [9.17, 15) is 14.4 Å². The van der Waals surface area contributed by atoms with Crippen molar-refractivity contribution >= 4 is 11.6 Å². The van der Waals surface area contributed by atoms with E-state index < -0.39 is 5.41 Å². The fourth-order valence-electron chi connectivity index (χ4n) is 2.73. The first kappa shape index (κ1) is 14.5. The number of amides is 1. The van der Waals surface area contributed by atoms with Crippen LogP contribution in [0, 0.1) is 29.5 Å². The van der Waals surface area contributed by atoms with Crippen molar-refractivity contribution in [2.24, 2.45) is 5.41 Å². The molecule has 1 N–H and O–H groups in total. The van der Waals surface area contributed by atoms with Crippen molar-refractivity contribution in [3.8, 4) is 6.07 Å². The fraction of sp³-hybridized carbons (Fsp3) is 0.500. The Balaban J connectivity index is 2.19. The second-order valence-electron chi connectivity index (χ2n) is 5.52. The predicted molar refractivity (Wildman–Crippen MR) is 75.5 cm³/mol. The van der Waals surface area contributed by atoms with Gasteiger partial charge in [0.2, 0.25) is 5.91 Å². The maximum absolute atomic E-state index is 13.1. The van der Waals surface area contributed by atoms with Crippen molar-refractivity contribution in [2.45, 2.75) is 45.4 Å². The van der Waals surface area contributed by atoms with Crippen molar-refractivity contribution in [1.29, 1.82) is 5.26 Å². The molecule has 0 radical (unpaired) electrons. The summed E-state index contributed by atoms with van der Waals surface area (Å²) in [5, 5.41) is 12.3. The standard InChI is InChI=1S/C16H19FN2O/c1-12-10-13(17)6-7-14(12)19-15(20)16(11-18)8-4-2-3-5-9-16/h6-7,10H,2-5,8-9H2,1H3,(H,19,20). The number of benzene rings is 1. The molecule has 0 unspecified atom stereocenters. The summed E-state index contributed by atoms with van der Waals surface area (Å²) < 4.78 is 13.1. The molecule has 3 nitrogen and oxygen atoms in total. The molecule has 0 spiro atoms. The van der Waals surface area contributed by atoms with E-state index in [0.717, 1.165) is 25.7 Å². The highest BCUT2D eigenvalue weighted by atomic mass is 19.1. The first-order chi connectivity index (χ1) is 9.57. The zero-order valence-electron chi connectivity index (χ0n) is 11.7. The fourth-order valence-corrected chi connectivity index (χ4v) is 2.73. The third-order valence-electron chi connectivity index (χ3n) is 4.04. The topological polar surface area (TPSA) is 52.9 Å². The van der Waals surface area contributed by atoms with E-state index >= 15 is 0 Å². The average molecular weight is 274 g/mol. The Labute approximate surface area is 118 Å². The van der Waals surface area contributed by atoms with Gasteiger partial charge in [0, 0.05) is 5.69 Å². The van der Waals surface area contributed by atoms with Gasteiger partial charge in [0.1, 0.15) is 11.2 Å². The Bertz CT molecular complexity index is 540. The molecule has 106 valence electrons. The van der Waals surface area contributed by atoms with Crippen LogP contribution in [-0.2, 0) is 4.79 Å². The highest BCUT2D eigenvalue weighted by Gasteiger charge is 2.39. The van der Waals surface area contributed by atoms with E-state index in [-0.39, 0.29) is 11.7 Å². The molecule has 1 aromatic rings. The summed E-state index contributed by atoms with van der Waals surface area (Å²) >= 11 is 0. The summed E-state index contributed by atoms with van der Waals surface area (Å²) in [6.07, 6.45) is 5.18. The van der Waals surface area contributed by atoms with Crippen LogP contribution in [0.1, 0.15) is 44.1 Å². The minimum absolute atomic E-state index is 0.253. The summed E-state index contributed by atoms with van der Waals surface area (Å²) in [6, 6.07) is 6.46. The molecule has 1 amide bonds. The Morgan fingerprint density at radius 2 is 1.95 bits per heavy atom. The number of nitrogens with zero attached hydrogens (tertiary/aromatic N) is 1. The molecular weight excluding hydrogens is 255 g/mol. The second kappa shape index (κ2) is 6.04. The van der Waals surface area contributed by atoms with E-state index in [2.05, 4.69) is 11.4 Å². The van der Waals surface area contributed by atoms with Gasteiger partial charge in [-0.1, -0.05) is 25.7 Å². The normalized spacial score (nSPS) is 17.9. The van der Waals surface area contributed by atoms with Gasteiger partial charge in [-0.25, -0.2) is 4.39 Å². The van der Waals surface area contributed by atoms with Gasteiger partial charge in [-0.3, -0.25) is 4.79 Å². The minimum Gasteiger partial charge on any atom is -0.324 e. The number of halogens is 1. The Hall–Kier alpha value is -1.89. The van der Waals surface area contributed by atoms with Crippen LogP contribution in [0.15, 0.2) is 18.2 Å². The van der Waals surface area contributed by atoms with Crippen LogP contribution in [0.2, 0.25) is 0 Å². The van der Waals surface area contributed by atoms with Crippen LogP contribution < -0.4 is 5.32 Å². The van der Waals surface area contributed by atoms with Gasteiger partial charge in [-0.15, -0.1) is 0 Å². The number of carbonyl (C=O) groups is 1. The van der Waals surface area contributed by atoms with E-state index in [1.54, 1.807) is 13.0 Å². The van der Waals surface area contributed by atoms with Crippen LogP contribution >= 0.6 is 0 Å². The lowest BCUT2D eigenvalue weighted by molar-refractivity contribution is -0.123. The maximum Gasteiger partial charge on any atom is 0.244 e. The molecule has 1 fully saturated rings. The first-order valence-electron chi connectivity index (χ1n) is 7.06. The molecule has 0 atom stereocenters. The molecule has 4 heteroatoms. The second-order valence-corrected chi connectivity index (χ2v) is 5.52. The van der Waals surface area contributed by atoms with Gasteiger partial charge >= 0.3 is 0 Å². The lowest BCUT2D eigenvalue weighted by Crippen LogP contribution is -2.34. The quantitative estimate of drug-likeness (QED) is 0.830. The number of rotatable bonds is 2. The number of nitriles is 1. The molecule has 2 rings (SSSR count). The number of aryl methyl sites for hydroxylation is 1. The molecule has 20 heavy (non-hydrogen) atoms. The molecule has 0 aliphatic heterocycles. The van der Waals surface area contributed by atoms with Crippen LogP contribution in [0.5, 0.6) is 0 Å². The highest BCUT2D eigenvalue weighted by molar-refractivity contribution is 5.97. The van der Waals surface area contributed by atoms with E-state index in [1.807, 2.05) is 0 Å². The van der Waals surface area contributed by atoms with Crippen LogP contribution in [0.3, 0.4) is 0 Å². The molecule has 0 saturated heterocycles. The molecular formula is C16H19FN2O. The summed E-state index contributed by atoms with van der Waals surface area (Å²) in [5.74, 6) is -0.582. The van der Waals surface area contributed by atoms with E-state index in [4.69, 9.17) is 0 Å². The molecule has 1 saturated carbocycles. The number of hydrogen-bond acceptors (Lipinski definition) is 2. The van der Waals surface area contributed by atoms with Gasteiger partial charge in [0.05, 0.1) is 6.07 Å². The van der Waals surface area contributed by atoms with E-state index in [1.165, 1.54) is 12.1 Å². The van der Waals surface area contributed by atoms with Gasteiger partial charge in [-0.05, 0) is 43.5 Å². The number of anilines is 1. The number of nitrogens with one attached hydrogen (secondary N) is 1. The van der Waals surface area contributed by atoms with Crippen molar-refractivity contribution in [3.63, 3.8) is 0 Å². The lowest BCUT2D eigenvalue weighted by atomic mass is 9.81. The smallest absolute Gasteiger partial charge is 0.244 e. The first-order valence-corrected chi connectivity index (χ1v) is 7.06. The molecule has 1 aliphatic rings. The maximum atomic E-state index is 13.1. The van der Waals surface area contributed by atoms with Crippen molar-refractivity contribution in [2.75, 3.05) is 5.32 Å². The minimum atomic E-state index is -0.933. The Morgan fingerprint density at radius 1 is 1.30 bits per heavy atom. The number of hydrogen-bond donors (Lipinski definition) is 1. The van der Waals surface area contributed by atoms with Crippen LogP contribution in [0.25, 0.3) is 0 Å².